The molecular weight excluding hydrogens is 398 g/mol. The molecule has 2 aliphatic rings. The minimum Gasteiger partial charge on any atom is -0.381 e. The number of benzene rings is 1. The lowest BCUT2D eigenvalue weighted by Gasteiger charge is -2.32. The highest BCUT2D eigenvalue weighted by atomic mass is 32.2. The van der Waals surface area contributed by atoms with Crippen molar-refractivity contribution >= 4 is 21.4 Å². The number of morpholine rings is 1. The fourth-order valence-electron chi connectivity index (χ4n) is 3.80. The molecule has 0 unspecified atom stereocenters. The summed E-state index contributed by atoms with van der Waals surface area (Å²) in [4.78, 5) is 10.6. The zero-order valence-corrected chi connectivity index (χ0v) is 17.7. The summed E-state index contributed by atoms with van der Waals surface area (Å²) in [5, 5.41) is 14.6. The van der Waals surface area contributed by atoms with Crippen molar-refractivity contribution in [1.29, 1.82) is 0 Å². The Bertz CT molecular complexity index is 823. The SMILES string of the molecule is CC(C)C[C@@H]1C[C@@H](Nc2ccc([N+](=O)[O-])cc2S(=O)(=O)N2CCOCC2)CCO1. The van der Waals surface area contributed by atoms with E-state index in [-0.39, 0.29) is 35.8 Å². The van der Waals surface area contributed by atoms with Crippen LogP contribution in [0.5, 0.6) is 0 Å². The second kappa shape index (κ2) is 9.38. The van der Waals surface area contributed by atoms with Crippen molar-refractivity contribution in [2.24, 2.45) is 5.92 Å². The van der Waals surface area contributed by atoms with E-state index >= 15 is 0 Å². The van der Waals surface area contributed by atoms with Gasteiger partial charge in [0.25, 0.3) is 5.69 Å². The zero-order chi connectivity index (χ0) is 21.0. The van der Waals surface area contributed by atoms with Crippen molar-refractivity contribution in [2.45, 2.75) is 50.2 Å². The number of sulfonamides is 1. The average molecular weight is 428 g/mol. The van der Waals surface area contributed by atoms with Gasteiger partial charge in [0, 0.05) is 37.9 Å². The van der Waals surface area contributed by atoms with Gasteiger partial charge in [-0.05, 0) is 31.2 Å². The van der Waals surface area contributed by atoms with Gasteiger partial charge in [0.2, 0.25) is 10.0 Å². The standard InChI is InChI=1S/C19H29N3O6S/c1-14(2)11-17-12-15(5-8-28-17)20-18-4-3-16(22(23)24)13-19(18)29(25,26)21-6-9-27-10-7-21/h3-4,13-15,17,20H,5-12H2,1-2H3/t15-,17+/m0/s1. The van der Waals surface area contributed by atoms with Crippen molar-refractivity contribution in [3.8, 4) is 0 Å². The Morgan fingerprint density at radius 2 is 2.00 bits per heavy atom. The number of nitrogens with one attached hydrogen (secondary N) is 1. The first kappa shape index (κ1) is 21.9. The van der Waals surface area contributed by atoms with Crippen LogP contribution >= 0.6 is 0 Å². The van der Waals surface area contributed by atoms with E-state index in [9.17, 15) is 18.5 Å². The Balaban J connectivity index is 1.87. The number of ether oxygens (including phenoxy) is 2. The number of nitrogens with zero attached hydrogens (tertiary/aromatic N) is 2. The second-order valence-electron chi connectivity index (χ2n) is 7.94. The first-order chi connectivity index (χ1) is 13.8. The molecule has 1 N–H and O–H groups in total. The van der Waals surface area contributed by atoms with E-state index in [2.05, 4.69) is 19.2 Å². The molecule has 1 aromatic carbocycles. The average Bonchev–Trinajstić information content (AvgIpc) is 2.68. The molecule has 0 amide bonds. The van der Waals surface area contributed by atoms with E-state index in [0.29, 0.717) is 31.4 Å². The summed E-state index contributed by atoms with van der Waals surface area (Å²) in [5.41, 5.74) is 0.157. The molecule has 0 aromatic heterocycles. The third kappa shape index (κ3) is 5.44. The Kier molecular flexibility index (Phi) is 7.10. The van der Waals surface area contributed by atoms with E-state index in [4.69, 9.17) is 9.47 Å². The Morgan fingerprint density at radius 1 is 1.28 bits per heavy atom. The normalized spacial score (nSPS) is 23.8. The van der Waals surface area contributed by atoms with Crippen LogP contribution in [0, 0.1) is 16.0 Å². The van der Waals surface area contributed by atoms with Gasteiger partial charge in [-0.3, -0.25) is 10.1 Å². The maximum atomic E-state index is 13.2. The van der Waals surface area contributed by atoms with Crippen LogP contribution in [0.1, 0.15) is 33.1 Å². The summed E-state index contributed by atoms with van der Waals surface area (Å²) < 4.78 is 38.8. The molecule has 2 fully saturated rings. The van der Waals surface area contributed by atoms with Gasteiger partial charge in [-0.15, -0.1) is 0 Å². The number of anilines is 1. The smallest absolute Gasteiger partial charge is 0.270 e. The van der Waals surface area contributed by atoms with Gasteiger partial charge in [0.1, 0.15) is 4.90 Å². The monoisotopic (exact) mass is 427 g/mol. The molecule has 9 nitrogen and oxygen atoms in total. The number of nitro groups is 1. The molecule has 3 rings (SSSR count). The Morgan fingerprint density at radius 3 is 2.66 bits per heavy atom. The highest BCUT2D eigenvalue weighted by molar-refractivity contribution is 7.89. The summed E-state index contributed by atoms with van der Waals surface area (Å²) in [6.45, 7) is 5.99. The largest absolute Gasteiger partial charge is 0.381 e. The summed E-state index contributed by atoms with van der Waals surface area (Å²) in [6.07, 6.45) is 2.59. The van der Waals surface area contributed by atoms with E-state index < -0.39 is 14.9 Å². The molecule has 1 aromatic rings. The van der Waals surface area contributed by atoms with E-state index in [1.165, 1.54) is 16.4 Å². The van der Waals surface area contributed by atoms with Crippen molar-refractivity contribution in [1.82, 2.24) is 4.31 Å². The van der Waals surface area contributed by atoms with Crippen molar-refractivity contribution in [2.75, 3.05) is 38.2 Å². The van der Waals surface area contributed by atoms with Crippen molar-refractivity contribution in [3.63, 3.8) is 0 Å². The molecule has 2 heterocycles. The number of nitro benzene ring substituents is 1. The van der Waals surface area contributed by atoms with Gasteiger partial charge >= 0.3 is 0 Å². The molecule has 10 heteroatoms. The molecule has 29 heavy (non-hydrogen) atoms. The minimum atomic E-state index is -3.88. The number of non-ortho nitro benzene ring substituents is 1. The van der Waals surface area contributed by atoms with Crippen LogP contribution in [0.15, 0.2) is 23.1 Å². The predicted octanol–water partition coefficient (Wildman–Crippen LogP) is 2.62. The third-order valence-corrected chi connectivity index (χ3v) is 7.16. The maximum absolute atomic E-state index is 13.2. The molecular formula is C19H29N3O6S. The van der Waals surface area contributed by atoms with Crippen molar-refractivity contribution < 1.29 is 22.8 Å². The van der Waals surface area contributed by atoms with E-state index in [1.807, 2.05) is 0 Å². The van der Waals surface area contributed by atoms with Crippen LogP contribution in [0.4, 0.5) is 11.4 Å². The topological polar surface area (TPSA) is 111 Å². The number of hydrogen-bond donors (Lipinski definition) is 1. The van der Waals surface area contributed by atoms with Gasteiger partial charge in [0.05, 0.1) is 29.9 Å². The molecule has 2 atom stereocenters. The molecule has 0 aliphatic carbocycles. The minimum absolute atomic E-state index is 0.0487. The van der Waals surface area contributed by atoms with Gasteiger partial charge in [-0.2, -0.15) is 4.31 Å². The number of rotatable bonds is 7. The number of hydrogen-bond acceptors (Lipinski definition) is 7. The lowest BCUT2D eigenvalue weighted by atomic mass is 9.96. The second-order valence-corrected chi connectivity index (χ2v) is 9.85. The third-order valence-electron chi connectivity index (χ3n) is 5.23. The van der Waals surface area contributed by atoms with Gasteiger partial charge < -0.3 is 14.8 Å². The lowest BCUT2D eigenvalue weighted by Crippen LogP contribution is -2.41. The first-order valence-electron chi connectivity index (χ1n) is 10.0. The van der Waals surface area contributed by atoms with Gasteiger partial charge in [0.15, 0.2) is 0 Å². The highest BCUT2D eigenvalue weighted by Crippen LogP contribution is 2.32. The summed E-state index contributed by atoms with van der Waals surface area (Å²) >= 11 is 0. The molecule has 0 spiro atoms. The molecule has 2 aliphatic heterocycles. The zero-order valence-electron chi connectivity index (χ0n) is 16.9. The maximum Gasteiger partial charge on any atom is 0.270 e. The van der Waals surface area contributed by atoms with E-state index in [1.54, 1.807) is 0 Å². The van der Waals surface area contributed by atoms with Gasteiger partial charge in [-0.1, -0.05) is 13.8 Å². The molecule has 0 bridgehead atoms. The summed E-state index contributed by atoms with van der Waals surface area (Å²) in [5.74, 6) is 0.510. The van der Waals surface area contributed by atoms with E-state index in [0.717, 1.165) is 25.3 Å². The predicted molar refractivity (Wildman–Crippen MR) is 109 cm³/mol. The summed E-state index contributed by atoms with van der Waals surface area (Å²) in [7, 11) is -3.88. The van der Waals surface area contributed by atoms with Crippen LogP contribution in [-0.4, -0.2) is 62.7 Å². The first-order valence-corrected chi connectivity index (χ1v) is 11.5. The molecule has 0 saturated carbocycles. The van der Waals surface area contributed by atoms with Crippen LogP contribution in [-0.2, 0) is 19.5 Å². The van der Waals surface area contributed by atoms with Crippen LogP contribution in [0.3, 0.4) is 0 Å². The Hall–Kier alpha value is -1.75. The van der Waals surface area contributed by atoms with Crippen LogP contribution in [0.25, 0.3) is 0 Å². The highest BCUT2D eigenvalue weighted by Gasteiger charge is 2.32. The quantitative estimate of drug-likeness (QED) is 0.526. The molecule has 0 radical (unpaired) electrons. The lowest BCUT2D eigenvalue weighted by molar-refractivity contribution is -0.385. The van der Waals surface area contributed by atoms with Gasteiger partial charge in [-0.25, -0.2) is 8.42 Å². The van der Waals surface area contributed by atoms with Crippen molar-refractivity contribution in [3.05, 3.63) is 28.3 Å². The Labute approximate surface area is 171 Å². The van der Waals surface area contributed by atoms with Crippen LogP contribution in [0.2, 0.25) is 0 Å². The molecule has 162 valence electrons. The fourth-order valence-corrected chi connectivity index (χ4v) is 5.39. The van der Waals surface area contributed by atoms with Crippen LogP contribution < -0.4 is 5.32 Å². The summed E-state index contributed by atoms with van der Waals surface area (Å²) in [6, 6.07) is 4.04. The fraction of sp³-hybridized carbons (Fsp3) is 0.684. The molecule has 2 saturated heterocycles.